The molecular formula is C17H22FN5OS. The fourth-order valence-electron chi connectivity index (χ4n) is 3.33. The lowest BCUT2D eigenvalue weighted by atomic mass is 9.78. The van der Waals surface area contributed by atoms with E-state index in [4.69, 9.17) is 0 Å². The van der Waals surface area contributed by atoms with E-state index < -0.39 is 5.82 Å². The minimum absolute atomic E-state index is 0.0707. The third kappa shape index (κ3) is 5.02. The van der Waals surface area contributed by atoms with E-state index in [-0.39, 0.29) is 11.3 Å². The van der Waals surface area contributed by atoms with Gasteiger partial charge in [-0.3, -0.25) is 9.69 Å². The van der Waals surface area contributed by atoms with E-state index in [1.54, 1.807) is 0 Å². The topological polar surface area (TPSA) is 71.0 Å². The Balaban J connectivity index is 1.61. The van der Waals surface area contributed by atoms with Crippen LogP contribution in [0.2, 0.25) is 0 Å². The summed E-state index contributed by atoms with van der Waals surface area (Å²) in [6.07, 6.45) is 7.23. The number of hydrogen-bond acceptors (Lipinski definition) is 6. The summed E-state index contributed by atoms with van der Waals surface area (Å²) in [5.74, 6) is 0.182. The third-order valence-corrected chi connectivity index (χ3v) is 5.23. The number of nitrogens with one attached hydrogen (secondary N) is 1. The van der Waals surface area contributed by atoms with E-state index >= 15 is 0 Å². The van der Waals surface area contributed by atoms with Crippen LogP contribution in [-0.2, 0) is 17.8 Å². The molecule has 6 nitrogen and oxygen atoms in total. The summed E-state index contributed by atoms with van der Waals surface area (Å²) in [5, 5.41) is 3.36. The second kappa shape index (κ2) is 7.53. The predicted molar refractivity (Wildman–Crippen MR) is 94.7 cm³/mol. The number of aromatic nitrogens is 3. The molecule has 2 aromatic heterocycles. The van der Waals surface area contributed by atoms with Crippen LogP contribution < -0.4 is 5.32 Å². The van der Waals surface area contributed by atoms with Crippen LogP contribution >= 0.6 is 11.3 Å². The summed E-state index contributed by atoms with van der Waals surface area (Å²) < 4.78 is 13.0. The number of rotatable bonds is 5. The Morgan fingerprint density at radius 3 is 2.84 bits per heavy atom. The molecule has 1 atom stereocenters. The average molecular weight is 363 g/mol. The number of thiazole rings is 1. The van der Waals surface area contributed by atoms with Crippen LogP contribution in [0.5, 0.6) is 0 Å². The molecule has 1 aliphatic heterocycles. The highest BCUT2D eigenvalue weighted by atomic mass is 32.1. The first-order chi connectivity index (χ1) is 11.9. The molecule has 134 valence electrons. The molecule has 3 rings (SSSR count). The zero-order chi connectivity index (χ0) is 17.9. The first-order valence-corrected chi connectivity index (χ1v) is 9.15. The summed E-state index contributed by atoms with van der Waals surface area (Å²) in [5.41, 5.74) is 0.0707. The van der Waals surface area contributed by atoms with Gasteiger partial charge >= 0.3 is 0 Å². The molecule has 1 fully saturated rings. The van der Waals surface area contributed by atoms with Crippen LogP contribution in [0.3, 0.4) is 0 Å². The van der Waals surface area contributed by atoms with E-state index in [0.29, 0.717) is 11.0 Å². The van der Waals surface area contributed by atoms with E-state index in [1.165, 1.54) is 30.7 Å². The molecule has 1 saturated heterocycles. The van der Waals surface area contributed by atoms with Crippen molar-refractivity contribution in [2.45, 2.75) is 39.7 Å². The molecule has 1 amide bonds. The van der Waals surface area contributed by atoms with E-state index in [2.05, 4.69) is 32.1 Å². The molecule has 1 N–H and O–H groups in total. The molecular weight excluding hydrogens is 341 g/mol. The smallest absolute Gasteiger partial charge is 0.223 e. The Bertz CT molecular complexity index is 735. The van der Waals surface area contributed by atoms with Gasteiger partial charge in [0.1, 0.15) is 5.82 Å². The van der Waals surface area contributed by atoms with Crippen LogP contribution in [0, 0.1) is 11.2 Å². The number of nitrogens with zero attached hydrogens (tertiary/aromatic N) is 4. The van der Waals surface area contributed by atoms with Gasteiger partial charge in [0.25, 0.3) is 0 Å². The summed E-state index contributed by atoms with van der Waals surface area (Å²) >= 11 is 1.51. The first kappa shape index (κ1) is 17.9. The van der Waals surface area contributed by atoms with Gasteiger partial charge in [-0.05, 0) is 24.8 Å². The number of piperidine rings is 1. The van der Waals surface area contributed by atoms with E-state index in [0.717, 1.165) is 43.8 Å². The number of amides is 1. The molecule has 0 unspecified atom stereocenters. The highest BCUT2D eigenvalue weighted by Crippen LogP contribution is 2.33. The molecule has 2 aromatic rings. The highest BCUT2D eigenvalue weighted by molar-refractivity contribution is 7.15. The van der Waals surface area contributed by atoms with Crippen molar-refractivity contribution in [2.24, 2.45) is 5.41 Å². The molecule has 25 heavy (non-hydrogen) atoms. The second-order valence-corrected chi connectivity index (χ2v) is 8.05. The van der Waals surface area contributed by atoms with E-state index in [1.807, 2.05) is 6.20 Å². The molecule has 8 heteroatoms. The summed E-state index contributed by atoms with van der Waals surface area (Å²) in [7, 11) is 0. The van der Waals surface area contributed by atoms with Crippen molar-refractivity contribution in [3.63, 3.8) is 0 Å². The number of halogens is 1. The van der Waals surface area contributed by atoms with Crippen molar-refractivity contribution in [2.75, 3.05) is 18.4 Å². The highest BCUT2D eigenvalue weighted by Gasteiger charge is 2.32. The molecule has 0 radical (unpaired) electrons. The Labute approximate surface area is 150 Å². The fraction of sp³-hybridized carbons (Fsp3) is 0.529. The van der Waals surface area contributed by atoms with Gasteiger partial charge in [-0.1, -0.05) is 6.92 Å². The van der Waals surface area contributed by atoms with Gasteiger partial charge in [0, 0.05) is 37.5 Å². The Hall–Kier alpha value is -1.93. The van der Waals surface area contributed by atoms with Gasteiger partial charge in [-0.25, -0.2) is 19.3 Å². The maximum absolute atomic E-state index is 13.0. The Kier molecular flexibility index (Phi) is 5.39. The molecule has 0 bridgehead atoms. The predicted octanol–water partition coefficient (Wildman–Crippen LogP) is 2.88. The Morgan fingerprint density at radius 2 is 2.12 bits per heavy atom. The minimum Gasteiger partial charge on any atom is -0.302 e. The van der Waals surface area contributed by atoms with Crippen LogP contribution in [0.15, 0.2) is 18.6 Å². The number of likely N-dealkylation sites (tertiary alicyclic amines) is 1. The number of hydrogen-bond donors (Lipinski definition) is 1. The zero-order valence-electron chi connectivity index (χ0n) is 14.5. The van der Waals surface area contributed by atoms with Crippen LogP contribution in [0.1, 0.15) is 37.4 Å². The SMILES string of the molecule is CC(=O)Nc1ncc(CN2CCC[C@@](C)(Cc3ncc(F)cn3)C2)s1. The molecule has 1 aliphatic rings. The monoisotopic (exact) mass is 363 g/mol. The lowest BCUT2D eigenvalue weighted by Gasteiger charge is -2.40. The quantitative estimate of drug-likeness (QED) is 0.884. The van der Waals surface area contributed by atoms with Crippen LogP contribution in [-0.4, -0.2) is 38.8 Å². The Morgan fingerprint density at radius 1 is 1.36 bits per heavy atom. The molecule has 0 aromatic carbocycles. The molecule has 0 aliphatic carbocycles. The number of carbonyl (C=O) groups excluding carboxylic acids is 1. The molecule has 3 heterocycles. The van der Waals surface area contributed by atoms with Gasteiger partial charge in [0.05, 0.1) is 12.4 Å². The standard InChI is InChI=1S/C17H22FN5OS/c1-12(24)22-16-21-9-14(25-16)10-23-5-3-4-17(2,11-23)6-15-19-7-13(18)8-20-15/h7-9H,3-6,10-11H2,1-2H3,(H,21,22,24)/t17-/m0/s1. The normalized spacial score (nSPS) is 21.2. The van der Waals surface area contributed by atoms with Crippen LogP contribution in [0.4, 0.5) is 9.52 Å². The average Bonchev–Trinajstić information content (AvgIpc) is 2.95. The largest absolute Gasteiger partial charge is 0.302 e. The van der Waals surface area contributed by atoms with Crippen molar-refractivity contribution >= 4 is 22.4 Å². The van der Waals surface area contributed by atoms with E-state index in [9.17, 15) is 9.18 Å². The summed E-state index contributed by atoms with van der Waals surface area (Å²) in [4.78, 5) is 27.1. The van der Waals surface area contributed by atoms with Gasteiger partial charge in [0.15, 0.2) is 10.9 Å². The summed E-state index contributed by atoms with van der Waals surface area (Å²) in [6.45, 7) is 6.50. The van der Waals surface area contributed by atoms with Gasteiger partial charge in [-0.2, -0.15) is 0 Å². The third-order valence-electron chi connectivity index (χ3n) is 4.33. The first-order valence-electron chi connectivity index (χ1n) is 8.33. The molecule has 0 saturated carbocycles. The second-order valence-electron chi connectivity index (χ2n) is 6.93. The molecule has 0 spiro atoms. The van der Waals surface area contributed by atoms with Crippen molar-refractivity contribution in [3.05, 3.63) is 35.1 Å². The number of anilines is 1. The van der Waals surface area contributed by atoms with Crippen molar-refractivity contribution in [3.8, 4) is 0 Å². The maximum atomic E-state index is 13.0. The lowest BCUT2D eigenvalue weighted by molar-refractivity contribution is -0.114. The van der Waals surface area contributed by atoms with Gasteiger partial charge in [-0.15, -0.1) is 11.3 Å². The van der Waals surface area contributed by atoms with Crippen LogP contribution in [0.25, 0.3) is 0 Å². The lowest BCUT2D eigenvalue weighted by Crippen LogP contribution is -2.42. The number of carbonyl (C=O) groups is 1. The van der Waals surface area contributed by atoms with Crippen molar-refractivity contribution in [1.82, 2.24) is 19.9 Å². The van der Waals surface area contributed by atoms with Gasteiger partial charge in [0.2, 0.25) is 5.91 Å². The zero-order valence-corrected chi connectivity index (χ0v) is 15.3. The van der Waals surface area contributed by atoms with Crippen molar-refractivity contribution in [1.29, 1.82) is 0 Å². The van der Waals surface area contributed by atoms with Gasteiger partial charge < -0.3 is 5.32 Å². The fourth-order valence-corrected chi connectivity index (χ4v) is 4.23. The van der Waals surface area contributed by atoms with Crippen molar-refractivity contribution < 1.29 is 9.18 Å². The minimum atomic E-state index is -0.403. The summed E-state index contributed by atoms with van der Waals surface area (Å²) in [6, 6.07) is 0. The maximum Gasteiger partial charge on any atom is 0.223 e.